The number of carbonyl (C=O) groups excluding carboxylic acids is 1. The number of aryl methyl sites for hydroxylation is 3. The molecule has 0 spiro atoms. The fourth-order valence-corrected chi connectivity index (χ4v) is 2.92. The number of H-pyrrole nitrogens is 1. The summed E-state index contributed by atoms with van der Waals surface area (Å²) in [5.74, 6) is 0.494. The Hall–Kier alpha value is -1.89. The van der Waals surface area contributed by atoms with E-state index in [-0.39, 0.29) is 6.03 Å². The summed E-state index contributed by atoms with van der Waals surface area (Å²) in [6, 6.07) is -0.267. The van der Waals surface area contributed by atoms with Crippen molar-refractivity contribution in [3.8, 4) is 0 Å². The lowest BCUT2D eigenvalue weighted by Gasteiger charge is -2.08. The topological polar surface area (TPSA) is 82.7 Å². The van der Waals surface area contributed by atoms with Crippen molar-refractivity contribution in [2.75, 3.05) is 10.6 Å². The molecule has 7 heteroatoms. The Bertz CT molecular complexity index is 624. The second-order valence-corrected chi connectivity index (χ2v) is 6.70. The summed E-state index contributed by atoms with van der Waals surface area (Å²) in [6.07, 6.45) is 0.851. The van der Waals surface area contributed by atoms with E-state index in [0.717, 1.165) is 39.2 Å². The van der Waals surface area contributed by atoms with E-state index in [1.807, 2.05) is 20.8 Å². The second kappa shape index (κ2) is 6.26. The van der Waals surface area contributed by atoms with Crippen LogP contribution in [0, 0.1) is 26.7 Å². The minimum absolute atomic E-state index is 0.267. The lowest BCUT2D eigenvalue weighted by atomic mass is 10.1. The van der Waals surface area contributed by atoms with Crippen molar-refractivity contribution < 1.29 is 4.79 Å². The number of carbonyl (C=O) groups is 1. The lowest BCUT2D eigenvalue weighted by molar-refractivity contribution is 0.262. The summed E-state index contributed by atoms with van der Waals surface area (Å²) in [4.78, 5) is 16.6. The Kier molecular flexibility index (Phi) is 4.62. The Morgan fingerprint density at radius 1 is 1.29 bits per heavy atom. The molecular weight excluding hydrogens is 286 g/mol. The highest BCUT2D eigenvalue weighted by Gasteiger charge is 2.15. The smallest absolute Gasteiger partial charge is 0.304 e. The van der Waals surface area contributed by atoms with Gasteiger partial charge in [0.05, 0.1) is 27.8 Å². The Balaban J connectivity index is 2.09. The van der Waals surface area contributed by atoms with Gasteiger partial charge in [-0.25, -0.2) is 9.78 Å². The van der Waals surface area contributed by atoms with Crippen LogP contribution < -0.4 is 10.6 Å². The quantitative estimate of drug-likeness (QED) is 0.806. The number of aromatic nitrogens is 3. The van der Waals surface area contributed by atoms with E-state index in [0.29, 0.717) is 5.92 Å². The minimum Gasteiger partial charge on any atom is -0.304 e. The third-order valence-electron chi connectivity index (χ3n) is 3.00. The van der Waals surface area contributed by atoms with E-state index >= 15 is 0 Å². The van der Waals surface area contributed by atoms with Crippen LogP contribution >= 0.6 is 11.3 Å². The molecule has 0 atom stereocenters. The average molecular weight is 307 g/mol. The van der Waals surface area contributed by atoms with Gasteiger partial charge in [0.15, 0.2) is 0 Å². The monoisotopic (exact) mass is 307 g/mol. The molecule has 0 aliphatic rings. The molecule has 114 valence electrons. The molecule has 2 aromatic heterocycles. The zero-order valence-corrected chi connectivity index (χ0v) is 13.8. The van der Waals surface area contributed by atoms with Crippen LogP contribution in [0.1, 0.15) is 35.9 Å². The van der Waals surface area contributed by atoms with Crippen molar-refractivity contribution in [2.45, 2.75) is 41.0 Å². The van der Waals surface area contributed by atoms with E-state index in [2.05, 4.69) is 39.7 Å². The van der Waals surface area contributed by atoms with Crippen LogP contribution in [0.2, 0.25) is 0 Å². The number of nitrogens with zero attached hydrogens (tertiary/aromatic N) is 2. The average Bonchev–Trinajstić information content (AvgIpc) is 2.86. The Morgan fingerprint density at radius 3 is 2.57 bits per heavy atom. The molecule has 0 radical (unpaired) electrons. The molecule has 0 saturated heterocycles. The van der Waals surface area contributed by atoms with Gasteiger partial charge in [-0.05, 0) is 33.1 Å². The highest BCUT2D eigenvalue weighted by atomic mass is 32.1. The van der Waals surface area contributed by atoms with Gasteiger partial charge < -0.3 is 5.32 Å². The molecule has 0 fully saturated rings. The normalized spacial score (nSPS) is 11.0. The summed E-state index contributed by atoms with van der Waals surface area (Å²) in [5, 5.41) is 14.4. The molecule has 2 heterocycles. The zero-order valence-electron chi connectivity index (χ0n) is 13.0. The maximum absolute atomic E-state index is 12.1. The van der Waals surface area contributed by atoms with Gasteiger partial charge in [0.1, 0.15) is 5.00 Å². The number of urea groups is 1. The van der Waals surface area contributed by atoms with E-state index in [1.165, 1.54) is 11.3 Å². The maximum atomic E-state index is 12.1. The number of thiazole rings is 1. The number of anilines is 2. The van der Waals surface area contributed by atoms with E-state index in [1.54, 1.807) is 0 Å². The van der Waals surface area contributed by atoms with Crippen LogP contribution in [-0.2, 0) is 6.42 Å². The highest BCUT2D eigenvalue weighted by Crippen LogP contribution is 2.26. The molecule has 0 unspecified atom stereocenters. The molecule has 2 amide bonds. The third-order valence-corrected chi connectivity index (χ3v) is 3.93. The lowest BCUT2D eigenvalue weighted by Crippen LogP contribution is -2.20. The largest absolute Gasteiger partial charge is 0.324 e. The molecule has 2 rings (SSSR count). The third kappa shape index (κ3) is 3.81. The molecule has 21 heavy (non-hydrogen) atoms. The predicted octanol–water partition coefficient (Wildman–Crippen LogP) is 3.63. The van der Waals surface area contributed by atoms with Crippen LogP contribution in [0.4, 0.5) is 15.5 Å². The van der Waals surface area contributed by atoms with E-state index < -0.39 is 0 Å². The first-order chi connectivity index (χ1) is 9.86. The standard InChI is InChI=1S/C14H21N5OS/c1-7(2)6-11-13(21-10(5)15-11)17-14(20)16-12-8(3)18-19-9(12)4/h7H,6H2,1-5H3,(H,18,19)(H2,16,17,20). The van der Waals surface area contributed by atoms with Gasteiger partial charge in [-0.15, -0.1) is 11.3 Å². The van der Waals surface area contributed by atoms with E-state index in [9.17, 15) is 4.79 Å². The van der Waals surface area contributed by atoms with Gasteiger partial charge >= 0.3 is 6.03 Å². The zero-order chi connectivity index (χ0) is 15.6. The van der Waals surface area contributed by atoms with Crippen molar-refractivity contribution in [1.82, 2.24) is 15.2 Å². The number of rotatable bonds is 4. The Morgan fingerprint density at radius 2 is 2.00 bits per heavy atom. The van der Waals surface area contributed by atoms with Gasteiger partial charge in [0.2, 0.25) is 0 Å². The van der Waals surface area contributed by atoms with Gasteiger partial charge in [0, 0.05) is 0 Å². The number of nitrogens with one attached hydrogen (secondary N) is 3. The van der Waals surface area contributed by atoms with Crippen LogP contribution in [0.15, 0.2) is 0 Å². The fraction of sp³-hybridized carbons (Fsp3) is 0.500. The molecule has 3 N–H and O–H groups in total. The number of hydrogen-bond donors (Lipinski definition) is 3. The SMILES string of the molecule is Cc1nc(CC(C)C)c(NC(=O)Nc2c(C)n[nH]c2C)s1. The molecule has 0 bridgehead atoms. The van der Waals surface area contributed by atoms with Gasteiger partial charge in [0.25, 0.3) is 0 Å². The van der Waals surface area contributed by atoms with Crippen molar-refractivity contribution in [3.63, 3.8) is 0 Å². The summed E-state index contributed by atoms with van der Waals surface area (Å²) in [7, 11) is 0. The van der Waals surface area contributed by atoms with Crippen LogP contribution in [0.3, 0.4) is 0 Å². The predicted molar refractivity (Wildman–Crippen MR) is 86.1 cm³/mol. The summed E-state index contributed by atoms with van der Waals surface area (Å²) < 4.78 is 0. The van der Waals surface area contributed by atoms with Gasteiger partial charge in [-0.2, -0.15) is 5.10 Å². The minimum atomic E-state index is -0.267. The molecule has 0 saturated carbocycles. The van der Waals surface area contributed by atoms with Crippen molar-refractivity contribution in [2.24, 2.45) is 5.92 Å². The summed E-state index contributed by atoms with van der Waals surface area (Å²) in [5.41, 5.74) is 3.28. The summed E-state index contributed by atoms with van der Waals surface area (Å²) in [6.45, 7) is 9.94. The van der Waals surface area contributed by atoms with Gasteiger partial charge in [-0.1, -0.05) is 13.8 Å². The maximum Gasteiger partial charge on any atom is 0.324 e. The van der Waals surface area contributed by atoms with Gasteiger partial charge in [-0.3, -0.25) is 10.4 Å². The number of amides is 2. The molecule has 0 aromatic carbocycles. The molecule has 0 aliphatic heterocycles. The first-order valence-corrected chi connectivity index (χ1v) is 7.74. The molecule has 0 aliphatic carbocycles. The molecule has 2 aromatic rings. The first-order valence-electron chi connectivity index (χ1n) is 6.92. The number of hydrogen-bond acceptors (Lipinski definition) is 4. The highest BCUT2D eigenvalue weighted by molar-refractivity contribution is 7.16. The van der Waals surface area contributed by atoms with Crippen molar-refractivity contribution in [3.05, 3.63) is 22.1 Å². The molecular formula is C14H21N5OS. The van der Waals surface area contributed by atoms with E-state index in [4.69, 9.17) is 0 Å². The van der Waals surface area contributed by atoms with Crippen LogP contribution in [-0.4, -0.2) is 21.2 Å². The summed E-state index contributed by atoms with van der Waals surface area (Å²) >= 11 is 1.50. The van der Waals surface area contributed by atoms with Crippen molar-refractivity contribution >= 4 is 28.1 Å². The van der Waals surface area contributed by atoms with Crippen LogP contribution in [0.5, 0.6) is 0 Å². The molecule has 6 nitrogen and oxygen atoms in total. The van der Waals surface area contributed by atoms with Crippen molar-refractivity contribution in [1.29, 1.82) is 0 Å². The van der Waals surface area contributed by atoms with Crippen LogP contribution in [0.25, 0.3) is 0 Å². The first kappa shape index (κ1) is 15.5. The Labute approximate surface area is 128 Å². The fourth-order valence-electron chi connectivity index (χ4n) is 2.08. The number of aromatic amines is 1. The second-order valence-electron chi connectivity index (χ2n) is 5.49.